The van der Waals surface area contributed by atoms with E-state index in [0.29, 0.717) is 42.3 Å². The number of fused-ring (bicyclic) bond motifs is 1. The molecule has 0 bridgehead atoms. The Labute approximate surface area is 166 Å². The minimum Gasteiger partial charge on any atom is -0.493 e. The quantitative estimate of drug-likeness (QED) is 0.462. The number of aliphatic hydroxyl groups is 1. The number of para-hydroxylation sites is 2. The van der Waals surface area contributed by atoms with Gasteiger partial charge >= 0.3 is 5.69 Å². The van der Waals surface area contributed by atoms with Crippen LogP contribution in [0.4, 0.5) is 0 Å². The lowest BCUT2D eigenvalue weighted by atomic mass is 10.3. The van der Waals surface area contributed by atoms with Crippen molar-refractivity contribution in [3.63, 3.8) is 0 Å². The van der Waals surface area contributed by atoms with Crippen LogP contribution in [0.5, 0.6) is 11.5 Å². The van der Waals surface area contributed by atoms with E-state index in [1.54, 1.807) is 30.9 Å². The van der Waals surface area contributed by atoms with Crippen molar-refractivity contribution in [2.45, 2.75) is 12.6 Å². The molecule has 2 aromatic heterocycles. The number of aromatic nitrogens is 4. The predicted octanol–water partition coefficient (Wildman–Crippen LogP) is -0.528. The molecule has 2 heterocycles. The third-order valence-corrected chi connectivity index (χ3v) is 4.63. The van der Waals surface area contributed by atoms with Crippen molar-refractivity contribution in [1.82, 2.24) is 24.0 Å². The number of rotatable bonds is 9. The summed E-state index contributed by atoms with van der Waals surface area (Å²) < 4.78 is 14.9. The first kappa shape index (κ1) is 20.6. The van der Waals surface area contributed by atoms with Gasteiger partial charge in [-0.1, -0.05) is 12.1 Å². The summed E-state index contributed by atoms with van der Waals surface area (Å²) in [6.07, 6.45) is 0.821. The highest BCUT2D eigenvalue weighted by molar-refractivity contribution is 5.69. The molecule has 1 aromatic carbocycles. The van der Waals surface area contributed by atoms with Crippen LogP contribution >= 0.6 is 0 Å². The summed E-state index contributed by atoms with van der Waals surface area (Å²) in [5.41, 5.74) is -0.0744. The van der Waals surface area contributed by atoms with Crippen LogP contribution in [-0.4, -0.2) is 56.7 Å². The fourth-order valence-electron chi connectivity index (χ4n) is 3.02. The molecule has 0 aliphatic carbocycles. The van der Waals surface area contributed by atoms with E-state index < -0.39 is 11.8 Å². The highest BCUT2D eigenvalue weighted by Gasteiger charge is 2.14. The number of nitrogens with one attached hydrogen (secondary N) is 1. The van der Waals surface area contributed by atoms with Gasteiger partial charge in [0.2, 0.25) is 0 Å². The van der Waals surface area contributed by atoms with Gasteiger partial charge in [0.05, 0.1) is 13.4 Å². The summed E-state index contributed by atoms with van der Waals surface area (Å²) in [7, 11) is 4.58. The molecular weight excluding hydrogens is 378 g/mol. The van der Waals surface area contributed by atoms with E-state index in [9.17, 15) is 14.7 Å². The fourth-order valence-corrected chi connectivity index (χ4v) is 3.02. The van der Waals surface area contributed by atoms with E-state index >= 15 is 0 Å². The summed E-state index contributed by atoms with van der Waals surface area (Å²) in [4.78, 5) is 28.5. The molecule has 3 aromatic rings. The van der Waals surface area contributed by atoms with E-state index in [-0.39, 0.29) is 12.2 Å². The number of benzene rings is 1. The van der Waals surface area contributed by atoms with Crippen molar-refractivity contribution in [2.75, 3.05) is 26.8 Å². The number of imidazole rings is 1. The largest absolute Gasteiger partial charge is 0.493 e. The Balaban J connectivity index is 1.53. The maximum absolute atomic E-state index is 12.4. The molecule has 29 heavy (non-hydrogen) atoms. The molecule has 0 aliphatic rings. The van der Waals surface area contributed by atoms with E-state index in [0.717, 1.165) is 4.57 Å². The molecule has 10 heteroatoms. The average Bonchev–Trinajstić information content (AvgIpc) is 3.16. The second-order valence-electron chi connectivity index (χ2n) is 6.64. The van der Waals surface area contributed by atoms with Crippen LogP contribution in [-0.2, 0) is 20.6 Å². The van der Waals surface area contributed by atoms with Crippen molar-refractivity contribution in [1.29, 1.82) is 0 Å². The van der Waals surface area contributed by atoms with Gasteiger partial charge in [-0.05, 0) is 12.1 Å². The zero-order valence-corrected chi connectivity index (χ0v) is 16.7. The van der Waals surface area contributed by atoms with Gasteiger partial charge < -0.3 is 24.5 Å². The molecule has 156 valence electrons. The molecule has 0 radical (unpaired) electrons. The van der Waals surface area contributed by atoms with Crippen molar-refractivity contribution >= 4 is 11.2 Å². The number of aliphatic hydroxyl groups excluding tert-OH is 1. The Morgan fingerprint density at radius 2 is 1.90 bits per heavy atom. The number of hydrogen-bond donors (Lipinski definition) is 2. The van der Waals surface area contributed by atoms with Crippen molar-refractivity contribution in [3.8, 4) is 11.5 Å². The minimum absolute atomic E-state index is 0.115. The number of ether oxygens (including phenoxy) is 2. The summed E-state index contributed by atoms with van der Waals surface area (Å²) in [5, 5.41) is 13.2. The highest BCUT2D eigenvalue weighted by Crippen LogP contribution is 2.25. The summed E-state index contributed by atoms with van der Waals surface area (Å²) in [6.45, 7) is 1.40. The third-order valence-electron chi connectivity index (χ3n) is 4.63. The Morgan fingerprint density at radius 1 is 1.17 bits per heavy atom. The predicted molar refractivity (Wildman–Crippen MR) is 108 cm³/mol. The van der Waals surface area contributed by atoms with Crippen molar-refractivity contribution < 1.29 is 14.6 Å². The monoisotopic (exact) mass is 403 g/mol. The maximum Gasteiger partial charge on any atom is 0.332 e. The Hall–Kier alpha value is -3.11. The third kappa shape index (κ3) is 4.33. The summed E-state index contributed by atoms with van der Waals surface area (Å²) in [6, 6.07) is 7.24. The zero-order chi connectivity index (χ0) is 21.0. The van der Waals surface area contributed by atoms with Crippen LogP contribution in [0.25, 0.3) is 11.2 Å². The van der Waals surface area contributed by atoms with Crippen LogP contribution in [0.2, 0.25) is 0 Å². The first-order valence-corrected chi connectivity index (χ1v) is 9.19. The number of methoxy groups -OCH3 is 1. The molecule has 3 rings (SSSR count). The molecule has 10 nitrogen and oxygen atoms in total. The SMILES string of the molecule is COc1ccccc1OCC(O)CNCCn1cnc2c1c(=O)n(C)c(=O)n2C. The Bertz CT molecular complexity index is 1100. The van der Waals surface area contributed by atoms with Gasteiger partial charge in [0.15, 0.2) is 22.7 Å². The topological polar surface area (TPSA) is 113 Å². The molecule has 0 saturated carbocycles. The first-order valence-electron chi connectivity index (χ1n) is 9.19. The molecule has 0 aliphatic heterocycles. The van der Waals surface area contributed by atoms with E-state index in [2.05, 4.69) is 10.3 Å². The fraction of sp³-hybridized carbons (Fsp3) is 0.421. The number of aryl methyl sites for hydroxylation is 1. The van der Waals surface area contributed by atoms with Gasteiger partial charge in [0.1, 0.15) is 12.7 Å². The second-order valence-corrected chi connectivity index (χ2v) is 6.64. The van der Waals surface area contributed by atoms with Crippen LogP contribution in [0.3, 0.4) is 0 Å². The van der Waals surface area contributed by atoms with E-state index in [1.165, 1.54) is 17.9 Å². The molecule has 0 spiro atoms. The van der Waals surface area contributed by atoms with E-state index in [4.69, 9.17) is 9.47 Å². The standard InChI is InChI=1S/C19H25N5O5/c1-22-17-16(18(26)23(2)19(22)27)24(12-21-17)9-8-20-10-13(25)11-29-15-7-5-4-6-14(15)28-3/h4-7,12-13,20,25H,8-11H2,1-3H3. The highest BCUT2D eigenvalue weighted by atomic mass is 16.5. The van der Waals surface area contributed by atoms with Gasteiger partial charge in [-0.2, -0.15) is 0 Å². The summed E-state index contributed by atoms with van der Waals surface area (Å²) >= 11 is 0. The Kier molecular flexibility index (Phi) is 6.35. The van der Waals surface area contributed by atoms with Crippen LogP contribution in [0.1, 0.15) is 0 Å². The van der Waals surface area contributed by atoms with Gasteiger partial charge in [0, 0.05) is 33.7 Å². The van der Waals surface area contributed by atoms with Crippen LogP contribution in [0, 0.1) is 0 Å². The Morgan fingerprint density at radius 3 is 2.62 bits per heavy atom. The normalized spacial score (nSPS) is 12.3. The van der Waals surface area contributed by atoms with Crippen molar-refractivity contribution in [3.05, 3.63) is 51.4 Å². The van der Waals surface area contributed by atoms with E-state index in [1.807, 2.05) is 12.1 Å². The lowest BCUT2D eigenvalue weighted by Gasteiger charge is -2.15. The van der Waals surface area contributed by atoms with Gasteiger partial charge in [-0.25, -0.2) is 9.78 Å². The average molecular weight is 403 g/mol. The van der Waals surface area contributed by atoms with Gasteiger partial charge in [0.25, 0.3) is 5.56 Å². The maximum atomic E-state index is 12.4. The molecular formula is C19H25N5O5. The molecule has 1 unspecified atom stereocenters. The number of hydrogen-bond acceptors (Lipinski definition) is 7. The van der Waals surface area contributed by atoms with Crippen LogP contribution < -0.4 is 26.0 Å². The molecule has 0 saturated heterocycles. The second kappa shape index (κ2) is 8.93. The lowest BCUT2D eigenvalue weighted by Crippen LogP contribution is -2.38. The number of nitrogens with zero attached hydrogens (tertiary/aromatic N) is 4. The van der Waals surface area contributed by atoms with Crippen LogP contribution in [0.15, 0.2) is 40.2 Å². The van der Waals surface area contributed by atoms with Gasteiger partial charge in [-0.15, -0.1) is 0 Å². The van der Waals surface area contributed by atoms with Gasteiger partial charge in [-0.3, -0.25) is 13.9 Å². The smallest absolute Gasteiger partial charge is 0.332 e. The van der Waals surface area contributed by atoms with Crippen molar-refractivity contribution in [2.24, 2.45) is 14.1 Å². The summed E-state index contributed by atoms with van der Waals surface area (Å²) in [5.74, 6) is 1.18. The molecule has 2 N–H and O–H groups in total. The molecule has 1 atom stereocenters. The minimum atomic E-state index is -0.715. The lowest BCUT2D eigenvalue weighted by molar-refractivity contribution is 0.104. The molecule has 0 fully saturated rings. The first-order chi connectivity index (χ1) is 13.9. The molecule has 0 amide bonds. The zero-order valence-electron chi connectivity index (χ0n) is 16.7.